The van der Waals surface area contributed by atoms with E-state index >= 15 is 0 Å². The molecule has 30 heavy (non-hydrogen) atoms. The molecule has 1 amide bonds. The van der Waals surface area contributed by atoms with Gasteiger partial charge in [-0.1, -0.05) is 67.3 Å². The molecule has 4 nitrogen and oxygen atoms in total. The Bertz CT molecular complexity index is 785. The minimum absolute atomic E-state index is 0.000597. The zero-order valence-corrected chi connectivity index (χ0v) is 18.6. The summed E-state index contributed by atoms with van der Waals surface area (Å²) in [4.78, 5) is 15.5. The van der Waals surface area contributed by atoms with Crippen molar-refractivity contribution in [3.05, 3.63) is 65.7 Å². The SMILES string of the molecule is Cc1cccc(CN(C[C@H](Oc2ccccc2)C(=O)NC2CCCCC2)C(C)C)c1. The number of benzene rings is 2. The normalized spacial score (nSPS) is 15.9. The van der Waals surface area contributed by atoms with Crippen LogP contribution in [0.2, 0.25) is 0 Å². The second-order valence-corrected chi connectivity index (χ2v) is 8.78. The molecular formula is C26H36N2O2. The quantitative estimate of drug-likeness (QED) is 0.627. The highest BCUT2D eigenvalue weighted by molar-refractivity contribution is 5.81. The van der Waals surface area contributed by atoms with Crippen LogP contribution in [0.3, 0.4) is 0 Å². The summed E-state index contributed by atoms with van der Waals surface area (Å²) >= 11 is 0. The van der Waals surface area contributed by atoms with E-state index in [2.05, 4.69) is 55.3 Å². The highest BCUT2D eigenvalue weighted by atomic mass is 16.5. The van der Waals surface area contributed by atoms with E-state index in [1.54, 1.807) is 0 Å². The van der Waals surface area contributed by atoms with E-state index in [0.717, 1.165) is 25.1 Å². The third kappa shape index (κ3) is 6.88. The van der Waals surface area contributed by atoms with Gasteiger partial charge in [0, 0.05) is 25.2 Å². The van der Waals surface area contributed by atoms with Crippen LogP contribution >= 0.6 is 0 Å². The number of hydrogen-bond acceptors (Lipinski definition) is 3. The second kappa shape index (κ2) is 11.2. The molecule has 2 aromatic rings. The number of ether oxygens (including phenoxy) is 1. The molecule has 0 unspecified atom stereocenters. The Balaban J connectivity index is 1.73. The van der Waals surface area contributed by atoms with Crippen molar-refractivity contribution in [3.63, 3.8) is 0 Å². The van der Waals surface area contributed by atoms with E-state index in [1.165, 1.54) is 30.4 Å². The first-order valence-corrected chi connectivity index (χ1v) is 11.3. The fraction of sp³-hybridized carbons (Fsp3) is 0.500. The van der Waals surface area contributed by atoms with Crippen LogP contribution in [0.15, 0.2) is 54.6 Å². The molecule has 162 valence electrons. The van der Waals surface area contributed by atoms with Gasteiger partial charge >= 0.3 is 0 Å². The Morgan fingerprint density at radius 2 is 1.80 bits per heavy atom. The van der Waals surface area contributed by atoms with Gasteiger partial charge in [-0.15, -0.1) is 0 Å². The third-order valence-corrected chi connectivity index (χ3v) is 5.86. The lowest BCUT2D eigenvalue weighted by atomic mass is 9.95. The Hall–Kier alpha value is -2.33. The van der Waals surface area contributed by atoms with Crippen LogP contribution in [-0.4, -0.2) is 35.5 Å². The molecule has 1 aliphatic carbocycles. The molecular weight excluding hydrogens is 372 g/mol. The second-order valence-electron chi connectivity index (χ2n) is 8.78. The van der Waals surface area contributed by atoms with Crippen LogP contribution in [-0.2, 0) is 11.3 Å². The Morgan fingerprint density at radius 1 is 1.07 bits per heavy atom. The zero-order valence-electron chi connectivity index (χ0n) is 18.6. The molecule has 0 spiro atoms. The molecule has 0 aromatic heterocycles. The molecule has 3 rings (SSSR count). The molecule has 1 atom stereocenters. The minimum Gasteiger partial charge on any atom is -0.479 e. The van der Waals surface area contributed by atoms with Gasteiger partial charge in [0.05, 0.1) is 0 Å². The third-order valence-electron chi connectivity index (χ3n) is 5.86. The number of carbonyl (C=O) groups excluding carboxylic acids is 1. The highest BCUT2D eigenvalue weighted by Crippen LogP contribution is 2.19. The van der Waals surface area contributed by atoms with Crippen molar-refractivity contribution in [1.29, 1.82) is 0 Å². The van der Waals surface area contributed by atoms with E-state index in [0.29, 0.717) is 12.6 Å². The summed E-state index contributed by atoms with van der Waals surface area (Å²) in [5.74, 6) is 0.737. The van der Waals surface area contributed by atoms with Crippen LogP contribution < -0.4 is 10.1 Å². The summed E-state index contributed by atoms with van der Waals surface area (Å²) in [6.45, 7) is 7.81. The first-order valence-electron chi connectivity index (χ1n) is 11.3. The standard InChI is InChI=1S/C26H36N2O2/c1-20(2)28(18-22-12-10-11-21(3)17-22)19-25(30-24-15-8-5-9-16-24)26(29)27-23-13-6-4-7-14-23/h5,8-12,15-17,20,23,25H,4,6-7,13-14,18-19H2,1-3H3,(H,27,29)/t25-/m0/s1. The van der Waals surface area contributed by atoms with Gasteiger partial charge in [0.1, 0.15) is 5.75 Å². The van der Waals surface area contributed by atoms with Crippen LogP contribution in [0.5, 0.6) is 5.75 Å². The Labute approximate surface area is 181 Å². The van der Waals surface area contributed by atoms with Crippen molar-refractivity contribution in [2.24, 2.45) is 0 Å². The van der Waals surface area contributed by atoms with Gasteiger partial charge in [0.2, 0.25) is 0 Å². The number of carbonyl (C=O) groups is 1. The predicted octanol–water partition coefficient (Wildman–Crippen LogP) is 5.10. The van der Waals surface area contributed by atoms with Crippen LogP contribution in [0.25, 0.3) is 0 Å². The maximum atomic E-state index is 13.2. The Morgan fingerprint density at radius 3 is 2.47 bits per heavy atom. The summed E-state index contributed by atoms with van der Waals surface area (Å²) in [5, 5.41) is 3.27. The van der Waals surface area contributed by atoms with Gasteiger partial charge < -0.3 is 10.1 Å². The van der Waals surface area contributed by atoms with Gasteiger partial charge in [0.25, 0.3) is 5.91 Å². The summed E-state index contributed by atoms with van der Waals surface area (Å²) in [7, 11) is 0. The number of nitrogens with zero attached hydrogens (tertiary/aromatic N) is 1. The maximum Gasteiger partial charge on any atom is 0.262 e. The molecule has 1 N–H and O–H groups in total. The summed E-state index contributed by atoms with van der Waals surface area (Å²) in [5.41, 5.74) is 2.51. The van der Waals surface area contributed by atoms with Crippen LogP contribution in [0.1, 0.15) is 57.1 Å². The fourth-order valence-corrected chi connectivity index (χ4v) is 4.09. The lowest BCUT2D eigenvalue weighted by Gasteiger charge is -2.32. The van der Waals surface area contributed by atoms with Crippen LogP contribution in [0, 0.1) is 6.92 Å². The lowest BCUT2D eigenvalue weighted by molar-refractivity contribution is -0.130. The molecule has 0 heterocycles. The van der Waals surface area contributed by atoms with Gasteiger partial charge in [-0.25, -0.2) is 0 Å². The first kappa shape index (κ1) is 22.4. The highest BCUT2D eigenvalue weighted by Gasteiger charge is 2.27. The molecule has 1 fully saturated rings. The summed E-state index contributed by atoms with van der Waals surface area (Å²) in [6.07, 6.45) is 5.26. The van der Waals surface area contributed by atoms with Crippen LogP contribution in [0.4, 0.5) is 0 Å². The smallest absolute Gasteiger partial charge is 0.262 e. The number of para-hydroxylation sites is 1. The number of amides is 1. The minimum atomic E-state index is -0.540. The number of nitrogens with one attached hydrogen (secondary N) is 1. The maximum absolute atomic E-state index is 13.2. The van der Waals surface area contributed by atoms with Crippen molar-refractivity contribution < 1.29 is 9.53 Å². The van der Waals surface area contributed by atoms with Gasteiger partial charge in [-0.2, -0.15) is 0 Å². The monoisotopic (exact) mass is 408 g/mol. The molecule has 0 saturated heterocycles. The molecule has 1 saturated carbocycles. The molecule has 4 heteroatoms. The zero-order chi connectivity index (χ0) is 21.3. The van der Waals surface area contributed by atoms with E-state index in [1.807, 2.05) is 30.3 Å². The Kier molecular flexibility index (Phi) is 8.32. The molecule has 0 radical (unpaired) electrons. The molecule has 2 aromatic carbocycles. The summed E-state index contributed by atoms with van der Waals surface area (Å²) in [6, 6.07) is 18.8. The van der Waals surface area contributed by atoms with E-state index in [-0.39, 0.29) is 11.9 Å². The number of aryl methyl sites for hydroxylation is 1. The van der Waals surface area contributed by atoms with Gasteiger partial charge in [-0.3, -0.25) is 9.69 Å². The lowest BCUT2D eigenvalue weighted by Crippen LogP contribution is -2.50. The van der Waals surface area contributed by atoms with Crippen molar-refractivity contribution in [2.75, 3.05) is 6.54 Å². The average molecular weight is 409 g/mol. The van der Waals surface area contributed by atoms with E-state index in [4.69, 9.17) is 4.74 Å². The molecule has 1 aliphatic rings. The van der Waals surface area contributed by atoms with Crippen molar-refractivity contribution in [2.45, 2.75) is 77.6 Å². The van der Waals surface area contributed by atoms with Crippen molar-refractivity contribution in [1.82, 2.24) is 10.2 Å². The largest absolute Gasteiger partial charge is 0.479 e. The van der Waals surface area contributed by atoms with Gasteiger partial charge in [-0.05, 0) is 51.3 Å². The van der Waals surface area contributed by atoms with Crippen molar-refractivity contribution in [3.8, 4) is 5.75 Å². The van der Waals surface area contributed by atoms with E-state index in [9.17, 15) is 4.79 Å². The van der Waals surface area contributed by atoms with Gasteiger partial charge in [0.15, 0.2) is 6.10 Å². The topological polar surface area (TPSA) is 41.6 Å². The molecule has 0 aliphatic heterocycles. The summed E-state index contributed by atoms with van der Waals surface area (Å²) < 4.78 is 6.21. The average Bonchev–Trinajstić information content (AvgIpc) is 2.74. The number of rotatable bonds is 9. The predicted molar refractivity (Wildman–Crippen MR) is 123 cm³/mol. The van der Waals surface area contributed by atoms with E-state index < -0.39 is 6.10 Å². The fourth-order valence-electron chi connectivity index (χ4n) is 4.09. The number of hydrogen-bond donors (Lipinski definition) is 1. The van der Waals surface area contributed by atoms with Crippen molar-refractivity contribution >= 4 is 5.91 Å². The first-order chi connectivity index (χ1) is 14.5. The molecule has 0 bridgehead atoms.